The largest absolute Gasteiger partial charge is 0.322 e. The summed E-state index contributed by atoms with van der Waals surface area (Å²) in [5.41, 5.74) is 4.83. The van der Waals surface area contributed by atoms with Gasteiger partial charge in [-0.1, -0.05) is 25.1 Å². The molecule has 0 saturated carbocycles. The van der Waals surface area contributed by atoms with E-state index in [-0.39, 0.29) is 5.91 Å². The predicted octanol–water partition coefficient (Wildman–Crippen LogP) is 4.09. The first-order chi connectivity index (χ1) is 11.2. The van der Waals surface area contributed by atoms with Crippen LogP contribution in [0.3, 0.4) is 0 Å². The zero-order valence-electron chi connectivity index (χ0n) is 13.5. The van der Waals surface area contributed by atoms with Crippen molar-refractivity contribution in [2.45, 2.75) is 26.7 Å². The number of nitrogens with one attached hydrogen (secondary N) is 1. The minimum atomic E-state index is -0.0847. The molecule has 1 aliphatic heterocycles. The van der Waals surface area contributed by atoms with Gasteiger partial charge in [0.05, 0.1) is 5.69 Å². The monoisotopic (exact) mass is 307 g/mol. The van der Waals surface area contributed by atoms with Crippen LogP contribution in [0.2, 0.25) is 0 Å². The Morgan fingerprint density at radius 2 is 1.91 bits per heavy atom. The molecule has 23 heavy (non-hydrogen) atoms. The molecule has 2 aromatic rings. The van der Waals surface area contributed by atoms with E-state index in [0.717, 1.165) is 42.0 Å². The normalized spacial score (nSPS) is 13.8. The second kappa shape index (κ2) is 6.65. The van der Waals surface area contributed by atoms with E-state index in [2.05, 4.69) is 17.3 Å². The molecule has 4 heteroatoms. The van der Waals surface area contributed by atoms with Crippen molar-refractivity contribution in [2.75, 3.05) is 16.9 Å². The molecule has 1 aliphatic rings. The van der Waals surface area contributed by atoms with Crippen LogP contribution in [0.1, 0.15) is 36.2 Å². The van der Waals surface area contributed by atoms with E-state index in [0.29, 0.717) is 5.56 Å². The van der Waals surface area contributed by atoms with Crippen molar-refractivity contribution in [1.29, 1.82) is 0 Å². The van der Waals surface area contributed by atoms with E-state index in [1.54, 1.807) is 0 Å². The first-order valence-electron chi connectivity index (χ1n) is 7.98. The fraction of sp³-hybridized carbons (Fsp3) is 0.263. The van der Waals surface area contributed by atoms with Gasteiger partial charge >= 0.3 is 0 Å². The maximum absolute atomic E-state index is 12.4. The second-order valence-corrected chi connectivity index (χ2v) is 5.72. The molecule has 2 aromatic carbocycles. The van der Waals surface area contributed by atoms with Crippen LogP contribution < -0.4 is 10.3 Å². The summed E-state index contributed by atoms with van der Waals surface area (Å²) in [6.45, 7) is 5.02. The molecule has 0 aliphatic carbocycles. The van der Waals surface area contributed by atoms with Crippen molar-refractivity contribution < 1.29 is 4.79 Å². The van der Waals surface area contributed by atoms with Gasteiger partial charge < -0.3 is 5.32 Å². The summed E-state index contributed by atoms with van der Waals surface area (Å²) in [5.74, 6) is -0.0847. The van der Waals surface area contributed by atoms with Gasteiger partial charge in [0.1, 0.15) is 0 Å². The molecule has 4 nitrogen and oxygen atoms in total. The van der Waals surface area contributed by atoms with Crippen molar-refractivity contribution in [3.63, 3.8) is 0 Å². The van der Waals surface area contributed by atoms with Crippen LogP contribution in [-0.2, 0) is 6.42 Å². The summed E-state index contributed by atoms with van der Waals surface area (Å²) >= 11 is 0. The maximum Gasteiger partial charge on any atom is 0.255 e. The molecule has 0 saturated heterocycles. The Labute approximate surface area is 136 Å². The lowest BCUT2D eigenvalue weighted by Gasteiger charge is -2.14. The molecule has 3 rings (SSSR count). The zero-order valence-corrected chi connectivity index (χ0v) is 13.5. The number of aryl methyl sites for hydroxylation is 1. The number of para-hydroxylation sites is 1. The third-order valence-electron chi connectivity index (χ3n) is 4.05. The minimum absolute atomic E-state index is 0.0847. The van der Waals surface area contributed by atoms with Crippen LogP contribution >= 0.6 is 0 Å². The summed E-state index contributed by atoms with van der Waals surface area (Å²) in [5, 5.41) is 9.44. The number of amides is 1. The third kappa shape index (κ3) is 3.42. The van der Waals surface area contributed by atoms with Gasteiger partial charge in [0.15, 0.2) is 0 Å². The first-order valence-corrected chi connectivity index (χ1v) is 7.98. The quantitative estimate of drug-likeness (QED) is 0.924. The van der Waals surface area contributed by atoms with Crippen LogP contribution in [0.4, 0.5) is 11.4 Å². The molecule has 118 valence electrons. The van der Waals surface area contributed by atoms with E-state index in [1.807, 2.05) is 60.5 Å². The topological polar surface area (TPSA) is 44.7 Å². The number of anilines is 2. The number of carbonyl (C=O) groups excluding carboxylic acids is 1. The van der Waals surface area contributed by atoms with Gasteiger partial charge in [0.2, 0.25) is 0 Å². The molecule has 0 spiro atoms. The Morgan fingerprint density at radius 3 is 2.57 bits per heavy atom. The van der Waals surface area contributed by atoms with Gasteiger partial charge in [-0.05, 0) is 49.2 Å². The summed E-state index contributed by atoms with van der Waals surface area (Å²) in [4.78, 5) is 12.4. The number of nitrogens with zero attached hydrogens (tertiary/aromatic N) is 2. The third-order valence-corrected chi connectivity index (χ3v) is 4.05. The molecule has 0 atom stereocenters. The summed E-state index contributed by atoms with van der Waals surface area (Å²) in [7, 11) is 0. The fourth-order valence-electron chi connectivity index (χ4n) is 2.69. The van der Waals surface area contributed by atoms with Crippen LogP contribution in [0.5, 0.6) is 0 Å². The highest BCUT2D eigenvalue weighted by Crippen LogP contribution is 2.21. The van der Waals surface area contributed by atoms with Gasteiger partial charge in [-0.25, -0.2) is 0 Å². The number of rotatable bonds is 4. The average Bonchev–Trinajstić information content (AvgIpc) is 3.02. The molecule has 0 bridgehead atoms. The smallest absolute Gasteiger partial charge is 0.255 e. The van der Waals surface area contributed by atoms with E-state index < -0.39 is 0 Å². The number of hydrogen-bond acceptors (Lipinski definition) is 3. The number of benzene rings is 2. The molecule has 0 fully saturated rings. The lowest BCUT2D eigenvalue weighted by Crippen LogP contribution is -2.14. The molecule has 1 heterocycles. The number of hydrazone groups is 1. The van der Waals surface area contributed by atoms with E-state index in [4.69, 9.17) is 0 Å². The number of hydrogen-bond donors (Lipinski definition) is 1. The Morgan fingerprint density at radius 1 is 1.17 bits per heavy atom. The summed E-state index contributed by atoms with van der Waals surface area (Å²) in [6, 6.07) is 15.5. The molecular weight excluding hydrogens is 286 g/mol. The lowest BCUT2D eigenvalue weighted by atomic mass is 10.1. The van der Waals surface area contributed by atoms with Crippen molar-refractivity contribution >= 4 is 23.0 Å². The van der Waals surface area contributed by atoms with Crippen molar-refractivity contribution in [2.24, 2.45) is 5.10 Å². The van der Waals surface area contributed by atoms with Crippen molar-refractivity contribution in [3.8, 4) is 0 Å². The second-order valence-electron chi connectivity index (χ2n) is 5.72. The maximum atomic E-state index is 12.4. The fourth-order valence-corrected chi connectivity index (χ4v) is 2.69. The van der Waals surface area contributed by atoms with Crippen molar-refractivity contribution in [1.82, 2.24) is 0 Å². The highest BCUT2D eigenvalue weighted by molar-refractivity contribution is 6.04. The minimum Gasteiger partial charge on any atom is -0.322 e. The Hall–Kier alpha value is -2.62. The van der Waals surface area contributed by atoms with Gasteiger partial charge in [-0.2, -0.15) is 5.10 Å². The van der Waals surface area contributed by atoms with E-state index >= 15 is 0 Å². The Kier molecular flexibility index (Phi) is 4.42. The van der Waals surface area contributed by atoms with Gasteiger partial charge in [0.25, 0.3) is 5.91 Å². The van der Waals surface area contributed by atoms with E-state index in [9.17, 15) is 4.79 Å². The molecule has 0 aromatic heterocycles. The summed E-state index contributed by atoms with van der Waals surface area (Å²) in [6.07, 6.45) is 1.89. The van der Waals surface area contributed by atoms with Gasteiger partial charge in [0, 0.05) is 29.9 Å². The highest BCUT2D eigenvalue weighted by atomic mass is 16.1. The predicted molar refractivity (Wildman–Crippen MR) is 95.3 cm³/mol. The molecule has 1 N–H and O–H groups in total. The molecule has 0 unspecified atom stereocenters. The van der Waals surface area contributed by atoms with Crippen molar-refractivity contribution in [3.05, 3.63) is 59.7 Å². The van der Waals surface area contributed by atoms with E-state index in [1.165, 1.54) is 0 Å². The Balaban J connectivity index is 1.73. The summed E-state index contributed by atoms with van der Waals surface area (Å²) < 4.78 is 0. The SMILES string of the molecule is CCc1ccccc1NC(=O)c1ccc(N2CCC(C)=N2)cc1. The lowest BCUT2D eigenvalue weighted by molar-refractivity contribution is 0.102. The average molecular weight is 307 g/mol. The molecule has 1 amide bonds. The van der Waals surface area contributed by atoms with Crippen LogP contribution in [0.25, 0.3) is 0 Å². The first kappa shape index (κ1) is 15.3. The van der Waals surface area contributed by atoms with Gasteiger partial charge in [-0.15, -0.1) is 0 Å². The standard InChI is InChI=1S/C19H21N3O/c1-3-15-6-4-5-7-18(15)20-19(23)16-8-10-17(11-9-16)22-13-12-14(2)21-22/h4-11H,3,12-13H2,1-2H3,(H,20,23). The Bertz CT molecular complexity index is 735. The van der Waals surface area contributed by atoms with Gasteiger partial charge in [-0.3, -0.25) is 9.80 Å². The van der Waals surface area contributed by atoms with Crippen LogP contribution in [-0.4, -0.2) is 18.2 Å². The number of carbonyl (C=O) groups is 1. The van der Waals surface area contributed by atoms with Crippen LogP contribution in [0, 0.1) is 0 Å². The van der Waals surface area contributed by atoms with Crippen LogP contribution in [0.15, 0.2) is 53.6 Å². The highest BCUT2D eigenvalue weighted by Gasteiger charge is 2.14. The molecular formula is C19H21N3O. The zero-order chi connectivity index (χ0) is 16.2. The molecule has 0 radical (unpaired) electrons.